The molecule has 3 aliphatic rings. The Labute approximate surface area is 146 Å². The fraction of sp³-hybridized carbons (Fsp3) is 0.789. The maximum absolute atomic E-state index is 4.54. The van der Waals surface area contributed by atoms with Gasteiger partial charge in [0.15, 0.2) is 0 Å². The lowest BCUT2D eigenvalue weighted by Gasteiger charge is -2.37. The Bertz CT molecular complexity index is 514. The second-order valence-electron chi connectivity index (χ2n) is 7.72. The fourth-order valence-corrected chi connectivity index (χ4v) is 4.52. The van der Waals surface area contributed by atoms with Crippen molar-refractivity contribution in [2.24, 2.45) is 5.92 Å². The molecule has 0 unspecified atom stereocenters. The maximum Gasteiger partial charge on any atom is 0.134 e. The minimum absolute atomic E-state index is 0.950. The molecular weight excluding hydrogens is 298 g/mol. The number of hydrogen-bond donors (Lipinski definition) is 0. The number of rotatable bonds is 4. The molecule has 24 heavy (non-hydrogen) atoms. The van der Waals surface area contributed by atoms with E-state index in [1.807, 2.05) is 0 Å². The van der Waals surface area contributed by atoms with Gasteiger partial charge in [-0.2, -0.15) is 0 Å². The van der Waals surface area contributed by atoms with E-state index in [0.717, 1.165) is 43.7 Å². The van der Waals surface area contributed by atoms with Crippen LogP contribution in [0.3, 0.4) is 0 Å². The van der Waals surface area contributed by atoms with E-state index in [0.29, 0.717) is 0 Å². The second kappa shape index (κ2) is 7.68. The molecule has 0 aromatic carbocycles. The minimum Gasteiger partial charge on any atom is -0.356 e. The Kier molecular flexibility index (Phi) is 5.16. The number of anilines is 2. The fourth-order valence-electron chi connectivity index (χ4n) is 4.52. The van der Waals surface area contributed by atoms with Crippen LogP contribution >= 0.6 is 0 Å². The van der Waals surface area contributed by atoms with E-state index in [1.165, 1.54) is 64.6 Å². The molecule has 2 saturated heterocycles. The summed E-state index contributed by atoms with van der Waals surface area (Å²) in [5, 5.41) is 0. The Hall–Kier alpha value is -1.36. The standard InChI is InChI=1S/C19H31N5/c1-2-6-17(7-3-1)15-22-10-12-24(13-11-22)19-14-18(20-16-21-19)23-8-4-5-9-23/h14,16-17H,1-13,15H2. The average molecular weight is 329 g/mol. The molecule has 0 amide bonds. The molecule has 5 heteroatoms. The maximum atomic E-state index is 4.54. The molecule has 5 nitrogen and oxygen atoms in total. The van der Waals surface area contributed by atoms with Gasteiger partial charge in [-0.15, -0.1) is 0 Å². The van der Waals surface area contributed by atoms with E-state index < -0.39 is 0 Å². The monoisotopic (exact) mass is 329 g/mol. The van der Waals surface area contributed by atoms with Crippen molar-refractivity contribution in [3.8, 4) is 0 Å². The zero-order valence-electron chi connectivity index (χ0n) is 14.9. The van der Waals surface area contributed by atoms with Crippen LogP contribution in [0.1, 0.15) is 44.9 Å². The predicted octanol–water partition coefficient (Wildman–Crippen LogP) is 2.78. The first-order valence-corrected chi connectivity index (χ1v) is 9.93. The molecule has 0 bridgehead atoms. The zero-order valence-corrected chi connectivity index (χ0v) is 14.9. The number of aromatic nitrogens is 2. The molecule has 0 radical (unpaired) electrons. The Morgan fingerprint density at radius 1 is 0.750 bits per heavy atom. The topological polar surface area (TPSA) is 35.5 Å². The van der Waals surface area contributed by atoms with Crippen LogP contribution in [-0.4, -0.2) is 60.7 Å². The third-order valence-electron chi connectivity index (χ3n) is 6.01. The van der Waals surface area contributed by atoms with Crippen molar-refractivity contribution in [1.29, 1.82) is 0 Å². The minimum atomic E-state index is 0.950. The first kappa shape index (κ1) is 16.1. The largest absolute Gasteiger partial charge is 0.356 e. The van der Waals surface area contributed by atoms with Crippen LogP contribution in [0.5, 0.6) is 0 Å². The summed E-state index contributed by atoms with van der Waals surface area (Å²) in [6.07, 6.45) is 11.6. The molecule has 0 atom stereocenters. The molecule has 3 fully saturated rings. The van der Waals surface area contributed by atoms with Crippen LogP contribution in [0.4, 0.5) is 11.6 Å². The highest BCUT2D eigenvalue weighted by Crippen LogP contribution is 2.26. The van der Waals surface area contributed by atoms with Gasteiger partial charge in [-0.05, 0) is 31.6 Å². The van der Waals surface area contributed by atoms with Gasteiger partial charge in [-0.3, -0.25) is 4.90 Å². The molecule has 132 valence electrons. The summed E-state index contributed by atoms with van der Waals surface area (Å²) in [6, 6.07) is 2.20. The molecule has 4 rings (SSSR count). The summed E-state index contributed by atoms with van der Waals surface area (Å²) in [4.78, 5) is 16.5. The Morgan fingerprint density at radius 3 is 2.04 bits per heavy atom. The van der Waals surface area contributed by atoms with E-state index in [-0.39, 0.29) is 0 Å². The van der Waals surface area contributed by atoms with E-state index in [2.05, 4.69) is 30.7 Å². The van der Waals surface area contributed by atoms with Crippen molar-refractivity contribution >= 4 is 11.6 Å². The summed E-state index contributed by atoms with van der Waals surface area (Å²) in [5.41, 5.74) is 0. The van der Waals surface area contributed by atoms with Crippen molar-refractivity contribution in [2.45, 2.75) is 44.9 Å². The lowest BCUT2D eigenvalue weighted by molar-refractivity contribution is 0.192. The van der Waals surface area contributed by atoms with Crippen molar-refractivity contribution in [2.75, 3.05) is 55.6 Å². The Morgan fingerprint density at radius 2 is 1.38 bits per heavy atom. The summed E-state index contributed by atoms with van der Waals surface area (Å²) < 4.78 is 0. The smallest absolute Gasteiger partial charge is 0.134 e. The van der Waals surface area contributed by atoms with E-state index in [1.54, 1.807) is 6.33 Å². The predicted molar refractivity (Wildman–Crippen MR) is 98.7 cm³/mol. The Balaban J connectivity index is 1.31. The SMILES string of the molecule is c1nc(N2CCCC2)cc(N2CCN(CC3CCCCC3)CC2)n1. The van der Waals surface area contributed by atoms with Crippen LogP contribution in [0.2, 0.25) is 0 Å². The molecule has 0 spiro atoms. The molecule has 1 aromatic rings. The lowest BCUT2D eigenvalue weighted by atomic mass is 9.89. The van der Waals surface area contributed by atoms with Gasteiger partial charge in [0.2, 0.25) is 0 Å². The van der Waals surface area contributed by atoms with Gasteiger partial charge in [0.05, 0.1) is 0 Å². The van der Waals surface area contributed by atoms with Crippen LogP contribution in [0.15, 0.2) is 12.4 Å². The molecule has 2 aliphatic heterocycles. The van der Waals surface area contributed by atoms with Gasteiger partial charge in [-0.1, -0.05) is 19.3 Å². The summed E-state index contributed by atoms with van der Waals surface area (Å²) in [7, 11) is 0. The third kappa shape index (κ3) is 3.82. The van der Waals surface area contributed by atoms with Crippen molar-refractivity contribution in [1.82, 2.24) is 14.9 Å². The van der Waals surface area contributed by atoms with Crippen molar-refractivity contribution < 1.29 is 0 Å². The van der Waals surface area contributed by atoms with E-state index >= 15 is 0 Å². The molecular formula is C19H31N5. The van der Waals surface area contributed by atoms with Gasteiger partial charge in [0.25, 0.3) is 0 Å². The number of piperazine rings is 1. The normalized spacial score (nSPS) is 23.8. The third-order valence-corrected chi connectivity index (χ3v) is 6.01. The average Bonchev–Trinajstić information content (AvgIpc) is 3.18. The van der Waals surface area contributed by atoms with Crippen molar-refractivity contribution in [3.63, 3.8) is 0 Å². The first-order chi connectivity index (χ1) is 11.9. The molecule has 1 aliphatic carbocycles. The highest BCUT2D eigenvalue weighted by Gasteiger charge is 2.23. The lowest BCUT2D eigenvalue weighted by Crippen LogP contribution is -2.48. The van der Waals surface area contributed by atoms with Crippen LogP contribution in [0.25, 0.3) is 0 Å². The molecule has 1 saturated carbocycles. The summed E-state index contributed by atoms with van der Waals surface area (Å²) in [5.74, 6) is 3.18. The van der Waals surface area contributed by atoms with Gasteiger partial charge >= 0.3 is 0 Å². The van der Waals surface area contributed by atoms with Crippen LogP contribution in [-0.2, 0) is 0 Å². The zero-order chi connectivity index (χ0) is 16.2. The van der Waals surface area contributed by atoms with E-state index in [9.17, 15) is 0 Å². The van der Waals surface area contributed by atoms with E-state index in [4.69, 9.17) is 0 Å². The quantitative estimate of drug-likeness (QED) is 0.849. The summed E-state index contributed by atoms with van der Waals surface area (Å²) >= 11 is 0. The molecule has 1 aromatic heterocycles. The summed E-state index contributed by atoms with van der Waals surface area (Å²) in [6.45, 7) is 8.17. The van der Waals surface area contributed by atoms with Crippen LogP contribution < -0.4 is 9.80 Å². The number of nitrogens with zero attached hydrogens (tertiary/aromatic N) is 5. The number of hydrogen-bond acceptors (Lipinski definition) is 5. The highest BCUT2D eigenvalue weighted by molar-refractivity contribution is 5.50. The highest BCUT2D eigenvalue weighted by atomic mass is 15.3. The van der Waals surface area contributed by atoms with Crippen LogP contribution in [0, 0.1) is 5.92 Å². The van der Waals surface area contributed by atoms with Gasteiger partial charge < -0.3 is 9.80 Å². The van der Waals surface area contributed by atoms with Crippen molar-refractivity contribution in [3.05, 3.63) is 12.4 Å². The molecule has 3 heterocycles. The van der Waals surface area contributed by atoms with Gasteiger partial charge in [0.1, 0.15) is 18.0 Å². The molecule has 0 N–H and O–H groups in total. The second-order valence-corrected chi connectivity index (χ2v) is 7.72. The van der Waals surface area contributed by atoms with Gasteiger partial charge in [-0.25, -0.2) is 9.97 Å². The van der Waals surface area contributed by atoms with Gasteiger partial charge in [0, 0.05) is 51.9 Å². The first-order valence-electron chi connectivity index (χ1n) is 9.93.